The molecule has 1 aliphatic heterocycles. The number of fused-ring (bicyclic) bond motifs is 1. The first-order valence-electron chi connectivity index (χ1n) is 9.67. The summed E-state index contributed by atoms with van der Waals surface area (Å²) in [4.78, 5) is 13.1. The summed E-state index contributed by atoms with van der Waals surface area (Å²) < 4.78 is 6.96. The van der Waals surface area contributed by atoms with E-state index >= 15 is 0 Å². The second-order valence-electron chi connectivity index (χ2n) is 7.03. The van der Waals surface area contributed by atoms with Crippen molar-refractivity contribution in [3.8, 4) is 11.1 Å². The summed E-state index contributed by atoms with van der Waals surface area (Å²) in [6.45, 7) is 5.79. The van der Waals surface area contributed by atoms with Gasteiger partial charge in [-0.1, -0.05) is 30.3 Å². The molecule has 0 atom stereocenters. The van der Waals surface area contributed by atoms with Crippen molar-refractivity contribution in [2.24, 2.45) is 0 Å². The summed E-state index contributed by atoms with van der Waals surface area (Å²) in [5, 5.41) is 12.9. The first-order valence-corrected chi connectivity index (χ1v) is 11.4. The van der Waals surface area contributed by atoms with Crippen molar-refractivity contribution >= 4 is 33.3 Å². The average Bonchev–Trinajstić information content (AvgIpc) is 3.34. The summed E-state index contributed by atoms with van der Waals surface area (Å²) in [6, 6.07) is 10.3. The zero-order valence-corrected chi connectivity index (χ0v) is 18.1. The fourth-order valence-electron chi connectivity index (χ4n) is 3.39. The van der Waals surface area contributed by atoms with E-state index in [1.165, 1.54) is 16.4 Å². The minimum absolute atomic E-state index is 0.607. The molecule has 4 aromatic rings. The maximum atomic E-state index is 6.11. The molecule has 8 nitrogen and oxygen atoms in total. The SMILES string of the molecule is Cc1nnc(Sc2nc(CN3CCOCC3)nc3scc(-c4ccccc4)c23)n1N. The van der Waals surface area contributed by atoms with E-state index in [1.54, 1.807) is 11.3 Å². The molecule has 2 N–H and O–H groups in total. The van der Waals surface area contributed by atoms with Crippen molar-refractivity contribution in [1.29, 1.82) is 0 Å². The van der Waals surface area contributed by atoms with Crippen LogP contribution in [0.2, 0.25) is 0 Å². The number of nitrogens with two attached hydrogens (primary N) is 1. The van der Waals surface area contributed by atoms with Crippen LogP contribution in [-0.2, 0) is 11.3 Å². The average molecular weight is 440 g/mol. The second kappa shape index (κ2) is 8.31. The fourth-order valence-corrected chi connectivity index (χ4v) is 5.37. The van der Waals surface area contributed by atoms with Crippen LogP contribution in [0.25, 0.3) is 21.3 Å². The standard InChI is InChI=1S/C20H21N7OS2/c1-13-24-25-20(27(13)21)30-19-17-15(14-5-3-2-4-6-14)12-29-18(17)22-16(23-19)11-26-7-9-28-10-8-26/h2-6,12H,7-11,21H2,1H3. The summed E-state index contributed by atoms with van der Waals surface area (Å²) in [5.41, 5.74) is 2.26. The molecule has 0 bridgehead atoms. The summed E-state index contributed by atoms with van der Waals surface area (Å²) >= 11 is 3.07. The van der Waals surface area contributed by atoms with Gasteiger partial charge in [0.1, 0.15) is 21.5 Å². The number of thiophene rings is 1. The van der Waals surface area contributed by atoms with Gasteiger partial charge in [0.15, 0.2) is 0 Å². The molecule has 5 rings (SSSR count). The molecule has 1 aliphatic rings. The van der Waals surface area contributed by atoms with E-state index in [0.29, 0.717) is 17.5 Å². The largest absolute Gasteiger partial charge is 0.379 e. The minimum atomic E-state index is 0.607. The van der Waals surface area contributed by atoms with E-state index < -0.39 is 0 Å². The van der Waals surface area contributed by atoms with Crippen LogP contribution < -0.4 is 5.84 Å². The zero-order chi connectivity index (χ0) is 20.5. The van der Waals surface area contributed by atoms with Crippen molar-refractivity contribution < 1.29 is 4.74 Å². The number of benzene rings is 1. The highest BCUT2D eigenvalue weighted by Gasteiger charge is 2.20. The van der Waals surface area contributed by atoms with Crippen LogP contribution in [0.5, 0.6) is 0 Å². The number of hydrogen-bond donors (Lipinski definition) is 1. The Balaban J connectivity index is 1.60. The Labute approximate surface area is 182 Å². The van der Waals surface area contributed by atoms with Crippen LogP contribution in [0.1, 0.15) is 11.6 Å². The van der Waals surface area contributed by atoms with Gasteiger partial charge in [0.25, 0.3) is 0 Å². The molecule has 154 valence electrons. The topological polar surface area (TPSA) is 95.0 Å². The summed E-state index contributed by atoms with van der Waals surface area (Å²) in [7, 11) is 0. The van der Waals surface area contributed by atoms with Gasteiger partial charge in [-0.3, -0.25) is 4.90 Å². The lowest BCUT2D eigenvalue weighted by atomic mass is 10.1. The number of aromatic nitrogens is 5. The van der Waals surface area contributed by atoms with Crippen molar-refractivity contribution in [2.45, 2.75) is 23.7 Å². The van der Waals surface area contributed by atoms with Crippen LogP contribution in [0, 0.1) is 6.92 Å². The van der Waals surface area contributed by atoms with Crippen LogP contribution in [0.15, 0.2) is 45.9 Å². The number of morpholine rings is 1. The molecular weight excluding hydrogens is 418 g/mol. The molecule has 0 amide bonds. The van der Waals surface area contributed by atoms with Gasteiger partial charge in [0.2, 0.25) is 5.16 Å². The van der Waals surface area contributed by atoms with Crippen molar-refractivity contribution in [3.05, 3.63) is 47.4 Å². The van der Waals surface area contributed by atoms with Crippen molar-refractivity contribution in [3.63, 3.8) is 0 Å². The van der Waals surface area contributed by atoms with E-state index in [1.807, 2.05) is 25.1 Å². The van der Waals surface area contributed by atoms with E-state index in [4.69, 9.17) is 20.5 Å². The highest BCUT2D eigenvalue weighted by Crippen LogP contribution is 2.40. The van der Waals surface area contributed by atoms with Gasteiger partial charge >= 0.3 is 0 Å². The van der Waals surface area contributed by atoms with Crippen molar-refractivity contribution in [1.82, 2.24) is 29.7 Å². The molecular formula is C20H21N7OS2. The number of nitrogen functional groups attached to an aromatic ring is 1. The third kappa shape index (κ3) is 3.79. The van der Waals surface area contributed by atoms with E-state index in [9.17, 15) is 0 Å². The lowest BCUT2D eigenvalue weighted by Gasteiger charge is -2.25. The molecule has 10 heteroatoms. The van der Waals surface area contributed by atoms with Gasteiger partial charge in [-0.15, -0.1) is 21.5 Å². The molecule has 30 heavy (non-hydrogen) atoms. The quantitative estimate of drug-likeness (QED) is 0.375. The highest BCUT2D eigenvalue weighted by molar-refractivity contribution is 7.99. The number of aryl methyl sites for hydroxylation is 1. The molecule has 0 spiro atoms. The fraction of sp³-hybridized carbons (Fsp3) is 0.300. The Morgan fingerprint density at radius 1 is 1.13 bits per heavy atom. The van der Waals surface area contributed by atoms with Gasteiger partial charge in [-0.05, 0) is 24.2 Å². The number of hydrogen-bond acceptors (Lipinski definition) is 9. The van der Waals surface area contributed by atoms with Gasteiger partial charge in [-0.2, -0.15) is 0 Å². The lowest BCUT2D eigenvalue weighted by molar-refractivity contribution is 0.0330. The second-order valence-corrected chi connectivity index (χ2v) is 8.84. The predicted octanol–water partition coefficient (Wildman–Crippen LogP) is 2.96. The molecule has 0 saturated carbocycles. The van der Waals surface area contributed by atoms with Crippen LogP contribution >= 0.6 is 23.1 Å². The first kappa shape index (κ1) is 19.4. The number of rotatable bonds is 5. The Kier molecular flexibility index (Phi) is 5.38. The molecule has 0 radical (unpaired) electrons. The van der Waals surface area contributed by atoms with Gasteiger partial charge in [0.05, 0.1) is 25.1 Å². The third-order valence-electron chi connectivity index (χ3n) is 5.02. The van der Waals surface area contributed by atoms with E-state index in [-0.39, 0.29) is 0 Å². The Morgan fingerprint density at radius 2 is 1.93 bits per heavy atom. The Bertz CT molecular complexity index is 1170. The molecule has 4 heterocycles. The molecule has 0 unspecified atom stereocenters. The normalized spacial score (nSPS) is 15.1. The predicted molar refractivity (Wildman–Crippen MR) is 118 cm³/mol. The van der Waals surface area contributed by atoms with Gasteiger partial charge in [-0.25, -0.2) is 14.6 Å². The monoisotopic (exact) mass is 439 g/mol. The lowest BCUT2D eigenvalue weighted by Crippen LogP contribution is -2.36. The smallest absolute Gasteiger partial charge is 0.216 e. The van der Waals surface area contributed by atoms with Crippen molar-refractivity contribution in [2.75, 3.05) is 32.1 Å². The van der Waals surface area contributed by atoms with Crippen LogP contribution in [0.4, 0.5) is 0 Å². The Hall–Kier alpha value is -2.53. The summed E-state index contributed by atoms with van der Waals surface area (Å²) in [6.07, 6.45) is 0. The molecule has 1 saturated heterocycles. The number of ether oxygens (including phenoxy) is 1. The molecule has 1 fully saturated rings. The Morgan fingerprint density at radius 3 is 2.67 bits per heavy atom. The third-order valence-corrected chi connectivity index (χ3v) is 6.85. The summed E-state index contributed by atoms with van der Waals surface area (Å²) in [5.74, 6) is 7.57. The van der Waals surface area contributed by atoms with Gasteiger partial charge in [0, 0.05) is 24.0 Å². The molecule has 3 aromatic heterocycles. The number of nitrogens with zero attached hydrogens (tertiary/aromatic N) is 6. The van der Waals surface area contributed by atoms with Crippen LogP contribution in [-0.4, -0.2) is 56.0 Å². The molecule has 1 aromatic carbocycles. The minimum Gasteiger partial charge on any atom is -0.379 e. The molecule has 0 aliphatic carbocycles. The van der Waals surface area contributed by atoms with Crippen LogP contribution in [0.3, 0.4) is 0 Å². The first-order chi connectivity index (χ1) is 14.7. The highest BCUT2D eigenvalue weighted by atomic mass is 32.2. The maximum absolute atomic E-state index is 6.11. The zero-order valence-electron chi connectivity index (χ0n) is 16.5. The van der Waals surface area contributed by atoms with E-state index in [2.05, 4.69) is 32.6 Å². The maximum Gasteiger partial charge on any atom is 0.216 e. The van der Waals surface area contributed by atoms with E-state index in [0.717, 1.165) is 58.5 Å². The van der Waals surface area contributed by atoms with Gasteiger partial charge < -0.3 is 10.6 Å².